The Morgan fingerprint density at radius 1 is 1.11 bits per heavy atom. The highest BCUT2D eigenvalue weighted by atomic mass is 32.2. The summed E-state index contributed by atoms with van der Waals surface area (Å²) in [6.45, 7) is 0.000482. The van der Waals surface area contributed by atoms with Gasteiger partial charge in [-0.15, -0.1) is 0 Å². The zero-order valence-corrected chi connectivity index (χ0v) is 21.2. The Morgan fingerprint density at radius 3 is 2.68 bits per heavy atom. The summed E-state index contributed by atoms with van der Waals surface area (Å²) in [7, 11) is -2.75. The van der Waals surface area contributed by atoms with Crippen LogP contribution in [0.3, 0.4) is 0 Å². The Kier molecular flexibility index (Phi) is 5.65. The monoisotopic (exact) mass is 553 g/mol. The van der Waals surface area contributed by atoms with Crippen molar-refractivity contribution in [2.24, 2.45) is 0 Å². The van der Waals surface area contributed by atoms with Crippen LogP contribution >= 0.6 is 20.0 Å². The van der Waals surface area contributed by atoms with E-state index in [-0.39, 0.29) is 23.5 Å². The van der Waals surface area contributed by atoms with Crippen LogP contribution in [0.5, 0.6) is 5.75 Å². The minimum absolute atomic E-state index is 0.000482. The summed E-state index contributed by atoms with van der Waals surface area (Å²) in [5, 5.41) is 21.2. The Labute approximate surface area is 218 Å². The highest BCUT2D eigenvalue weighted by Crippen LogP contribution is 2.44. The normalized spacial score (nSPS) is 25.2. The molecule has 0 amide bonds. The van der Waals surface area contributed by atoms with Crippen LogP contribution in [0.15, 0.2) is 75.6 Å². The maximum absolute atomic E-state index is 13.6. The molecule has 2 aromatic carbocycles. The summed E-state index contributed by atoms with van der Waals surface area (Å²) in [5.41, 5.74) is 1.47. The Hall–Kier alpha value is -3.45. The summed E-state index contributed by atoms with van der Waals surface area (Å²) in [4.78, 5) is 26.8. The van der Waals surface area contributed by atoms with Crippen molar-refractivity contribution in [2.45, 2.75) is 34.6 Å². The number of fused-ring (bicyclic) bond motifs is 3. The van der Waals surface area contributed by atoms with Crippen LogP contribution in [0.1, 0.15) is 6.23 Å². The molecule has 2 aliphatic heterocycles. The molecule has 38 heavy (non-hydrogen) atoms. The zero-order chi connectivity index (χ0) is 26.0. The first kappa shape index (κ1) is 23.7. The number of nitrogens with zero attached hydrogens (tertiary/aromatic N) is 4. The summed E-state index contributed by atoms with van der Waals surface area (Å²) >= 11 is 1.21. The quantitative estimate of drug-likeness (QED) is 0.283. The van der Waals surface area contributed by atoms with Gasteiger partial charge in [0.15, 0.2) is 22.5 Å². The number of rotatable bonds is 4. The lowest BCUT2D eigenvalue weighted by molar-refractivity contribution is -0.0583. The molecule has 0 radical (unpaired) electrons. The standard InChI is InChI=1S/C24H20N5O7PS/c30-13-6-8-14(9-7-13)38-24-26-17-20(29(24)22-18(31)19-16(35-22)11-34-37(33)36-19)27-23-25-15(10-28(23)21(17)32)12-4-2-1-3-5-12/h1-10,16,18-19,22,30-31,37H,11H2,(H,25,27)/t16?,18?,19-,22-/m1/s1. The van der Waals surface area contributed by atoms with E-state index in [4.69, 9.17) is 18.8 Å². The molecule has 14 heteroatoms. The van der Waals surface area contributed by atoms with Gasteiger partial charge in [-0.25, -0.2) is 9.38 Å². The molecule has 2 saturated heterocycles. The van der Waals surface area contributed by atoms with E-state index in [9.17, 15) is 19.6 Å². The van der Waals surface area contributed by atoms with Gasteiger partial charge in [0.05, 0.1) is 12.3 Å². The van der Waals surface area contributed by atoms with Gasteiger partial charge in [-0.2, -0.15) is 4.98 Å². The van der Waals surface area contributed by atoms with Crippen molar-refractivity contribution in [1.29, 1.82) is 0 Å². The molecule has 2 aliphatic rings. The molecule has 2 fully saturated rings. The van der Waals surface area contributed by atoms with Gasteiger partial charge in [0.2, 0.25) is 5.78 Å². The van der Waals surface area contributed by atoms with Gasteiger partial charge in [-0.05, 0) is 29.8 Å². The number of hydrogen-bond acceptors (Lipinski definition) is 10. The van der Waals surface area contributed by atoms with Gasteiger partial charge in [-0.3, -0.25) is 13.9 Å². The molecule has 194 valence electrons. The predicted molar refractivity (Wildman–Crippen MR) is 137 cm³/mol. The third-order valence-electron chi connectivity index (χ3n) is 6.51. The number of hydrogen-bond donors (Lipinski definition) is 3. The molecule has 0 spiro atoms. The lowest BCUT2D eigenvalue weighted by Gasteiger charge is -2.24. The molecule has 0 bridgehead atoms. The zero-order valence-electron chi connectivity index (χ0n) is 19.4. The van der Waals surface area contributed by atoms with E-state index in [1.807, 2.05) is 30.3 Å². The highest BCUT2D eigenvalue weighted by molar-refractivity contribution is 7.99. The van der Waals surface area contributed by atoms with E-state index < -0.39 is 38.4 Å². The number of H-pyrrole nitrogens is 1. The fourth-order valence-corrected chi connectivity index (χ4v) is 6.49. The number of imidazole rings is 2. The SMILES string of the molecule is O=c1c2nc(Sc3ccc(O)cc3)n([C@@H]3OC4CO[PH](=O)O[C@H]4C3O)c2nc2[nH]c(-c3ccccc3)cn12. The van der Waals surface area contributed by atoms with Crippen molar-refractivity contribution in [1.82, 2.24) is 23.9 Å². The molecule has 0 aliphatic carbocycles. The van der Waals surface area contributed by atoms with E-state index >= 15 is 0 Å². The second-order valence-corrected chi connectivity index (χ2v) is 10.9. The number of benzene rings is 2. The van der Waals surface area contributed by atoms with Gasteiger partial charge < -0.3 is 29.0 Å². The van der Waals surface area contributed by atoms with Crippen LogP contribution in [0, 0.1) is 0 Å². The smallest absolute Gasteiger partial charge is 0.319 e. The minimum Gasteiger partial charge on any atom is -0.508 e. The molecule has 5 heterocycles. The minimum atomic E-state index is -2.75. The van der Waals surface area contributed by atoms with Crippen molar-refractivity contribution in [2.75, 3.05) is 6.61 Å². The van der Waals surface area contributed by atoms with Crippen LogP contribution in [0.4, 0.5) is 0 Å². The van der Waals surface area contributed by atoms with Crippen LogP contribution in [-0.4, -0.2) is 59.1 Å². The molecule has 3 aromatic heterocycles. The Morgan fingerprint density at radius 2 is 1.89 bits per heavy atom. The number of aromatic nitrogens is 5. The van der Waals surface area contributed by atoms with Gasteiger partial charge in [-0.1, -0.05) is 42.1 Å². The Balaban J connectivity index is 1.40. The number of phenols is 1. The Bertz CT molecular complexity index is 1750. The molecular weight excluding hydrogens is 533 g/mol. The van der Waals surface area contributed by atoms with E-state index in [2.05, 4.69) is 9.97 Å². The maximum atomic E-state index is 13.6. The number of aromatic amines is 1. The molecule has 5 aromatic rings. The van der Waals surface area contributed by atoms with Crippen molar-refractivity contribution in [3.05, 3.63) is 71.1 Å². The van der Waals surface area contributed by atoms with E-state index in [1.165, 1.54) is 28.3 Å². The van der Waals surface area contributed by atoms with Crippen molar-refractivity contribution in [3.8, 4) is 17.0 Å². The molecule has 3 unspecified atom stereocenters. The van der Waals surface area contributed by atoms with Gasteiger partial charge in [0, 0.05) is 11.1 Å². The number of aliphatic hydroxyl groups is 1. The number of aliphatic hydroxyl groups excluding tert-OH is 1. The third kappa shape index (κ3) is 3.87. The predicted octanol–water partition coefficient (Wildman–Crippen LogP) is 2.96. The van der Waals surface area contributed by atoms with E-state index in [0.717, 1.165) is 10.5 Å². The average molecular weight is 553 g/mol. The first-order chi connectivity index (χ1) is 18.5. The lowest BCUT2D eigenvalue weighted by atomic mass is 10.1. The fraction of sp³-hybridized carbons (Fsp3) is 0.208. The van der Waals surface area contributed by atoms with Crippen LogP contribution in [0.2, 0.25) is 0 Å². The fourth-order valence-electron chi connectivity index (χ4n) is 4.70. The van der Waals surface area contributed by atoms with Gasteiger partial charge in [0.1, 0.15) is 24.1 Å². The highest BCUT2D eigenvalue weighted by Gasteiger charge is 2.50. The number of nitrogens with one attached hydrogen (secondary N) is 1. The topological polar surface area (TPSA) is 153 Å². The van der Waals surface area contributed by atoms with E-state index in [1.54, 1.807) is 22.9 Å². The molecule has 7 rings (SSSR count). The molecule has 3 N–H and O–H groups in total. The number of phenolic OH excluding ortho intramolecular Hbond substituents is 1. The second kappa shape index (κ2) is 9.09. The average Bonchev–Trinajstić information content (AvgIpc) is 3.60. The second-order valence-electron chi connectivity index (χ2n) is 8.88. The summed E-state index contributed by atoms with van der Waals surface area (Å²) in [6, 6.07) is 16.0. The number of aromatic hydroxyl groups is 1. The summed E-state index contributed by atoms with van der Waals surface area (Å²) < 4.78 is 31.4. The first-order valence-electron chi connectivity index (χ1n) is 11.7. The van der Waals surface area contributed by atoms with Gasteiger partial charge >= 0.3 is 8.25 Å². The maximum Gasteiger partial charge on any atom is 0.319 e. The van der Waals surface area contributed by atoms with E-state index in [0.29, 0.717) is 16.6 Å². The van der Waals surface area contributed by atoms with Crippen molar-refractivity contribution < 1.29 is 28.6 Å². The molecule has 5 atom stereocenters. The van der Waals surface area contributed by atoms with Crippen molar-refractivity contribution in [3.63, 3.8) is 0 Å². The van der Waals surface area contributed by atoms with Crippen LogP contribution < -0.4 is 5.56 Å². The van der Waals surface area contributed by atoms with Crippen molar-refractivity contribution >= 4 is 37.0 Å². The summed E-state index contributed by atoms with van der Waals surface area (Å²) in [6.07, 6.45) is -2.13. The molecule has 0 saturated carbocycles. The third-order valence-corrected chi connectivity index (χ3v) is 8.36. The molecular formula is C24H20N5O7PS. The molecule has 12 nitrogen and oxygen atoms in total. The first-order valence-corrected chi connectivity index (χ1v) is 13.7. The lowest BCUT2D eigenvalue weighted by Crippen LogP contribution is -2.37. The van der Waals surface area contributed by atoms with Gasteiger partial charge in [0.25, 0.3) is 5.56 Å². The van der Waals surface area contributed by atoms with Crippen LogP contribution in [0.25, 0.3) is 28.2 Å². The largest absolute Gasteiger partial charge is 0.508 e. The van der Waals surface area contributed by atoms with Crippen LogP contribution in [-0.2, 0) is 18.3 Å². The number of ether oxygens (including phenoxy) is 1. The summed E-state index contributed by atoms with van der Waals surface area (Å²) in [5.74, 6) is 0.399.